The smallest absolute Gasteiger partial charge is 0.306 e. The van der Waals surface area contributed by atoms with Gasteiger partial charge in [-0.1, -0.05) is 6.42 Å². The number of carboxylic acids is 1. The van der Waals surface area contributed by atoms with E-state index in [1.807, 2.05) is 0 Å². The highest BCUT2D eigenvalue weighted by molar-refractivity contribution is 5.85. The van der Waals surface area contributed by atoms with Gasteiger partial charge in [-0.05, 0) is 51.0 Å². The first-order valence-corrected chi connectivity index (χ1v) is 6.23. The molecule has 1 heterocycles. The van der Waals surface area contributed by atoms with E-state index >= 15 is 0 Å². The third-order valence-corrected chi connectivity index (χ3v) is 4.04. The Bertz CT molecular complexity index is 221. The molecule has 0 amide bonds. The zero-order valence-electron chi connectivity index (χ0n) is 9.65. The summed E-state index contributed by atoms with van der Waals surface area (Å²) in [6.45, 7) is 1.16. The van der Waals surface area contributed by atoms with Gasteiger partial charge >= 0.3 is 5.97 Å². The molecule has 1 atom stereocenters. The Morgan fingerprint density at radius 2 is 1.75 bits per heavy atom. The first-order chi connectivity index (χ1) is 7.27. The molecule has 1 saturated heterocycles. The number of aliphatic carboxylic acids is 1. The highest BCUT2D eigenvalue weighted by Crippen LogP contribution is 2.33. The summed E-state index contributed by atoms with van der Waals surface area (Å²) >= 11 is 0. The van der Waals surface area contributed by atoms with Gasteiger partial charge in [-0.25, -0.2) is 0 Å². The molecule has 1 aliphatic carbocycles. The van der Waals surface area contributed by atoms with Crippen LogP contribution >= 0.6 is 12.4 Å². The second kappa shape index (κ2) is 6.45. The van der Waals surface area contributed by atoms with Crippen LogP contribution in [0.1, 0.15) is 44.9 Å². The fourth-order valence-electron chi connectivity index (χ4n) is 3.05. The normalized spacial score (nSPS) is 35.1. The van der Waals surface area contributed by atoms with Gasteiger partial charge in [-0.15, -0.1) is 12.4 Å². The van der Waals surface area contributed by atoms with Gasteiger partial charge in [0.2, 0.25) is 0 Å². The average Bonchev–Trinajstić information content (AvgIpc) is 2.30. The average molecular weight is 248 g/mol. The fraction of sp³-hybridized carbons (Fsp3) is 0.917. The molecule has 1 aliphatic heterocycles. The van der Waals surface area contributed by atoms with E-state index in [2.05, 4.69) is 5.32 Å². The molecule has 16 heavy (non-hydrogen) atoms. The van der Waals surface area contributed by atoms with E-state index in [1.54, 1.807) is 0 Å². The molecule has 4 heteroatoms. The Balaban J connectivity index is 0.00000128. The molecule has 0 spiro atoms. The van der Waals surface area contributed by atoms with Crippen LogP contribution in [0.25, 0.3) is 0 Å². The fourth-order valence-corrected chi connectivity index (χ4v) is 3.05. The van der Waals surface area contributed by atoms with Crippen LogP contribution in [-0.2, 0) is 4.79 Å². The van der Waals surface area contributed by atoms with Crippen LogP contribution in [0.2, 0.25) is 0 Å². The van der Waals surface area contributed by atoms with Gasteiger partial charge in [0, 0.05) is 6.04 Å². The van der Waals surface area contributed by atoms with Gasteiger partial charge in [0.15, 0.2) is 0 Å². The second-order valence-electron chi connectivity index (χ2n) is 5.01. The number of halogens is 1. The van der Waals surface area contributed by atoms with Crippen LogP contribution < -0.4 is 5.32 Å². The van der Waals surface area contributed by atoms with Crippen LogP contribution in [-0.4, -0.2) is 23.7 Å². The van der Waals surface area contributed by atoms with E-state index in [0.717, 1.165) is 38.1 Å². The molecule has 0 radical (unpaired) electrons. The third kappa shape index (κ3) is 3.36. The number of rotatable bonds is 2. The number of hydrogen-bond donors (Lipinski definition) is 2. The van der Waals surface area contributed by atoms with E-state index in [9.17, 15) is 4.79 Å². The van der Waals surface area contributed by atoms with Crippen molar-refractivity contribution in [3.63, 3.8) is 0 Å². The summed E-state index contributed by atoms with van der Waals surface area (Å²) in [5.41, 5.74) is 0. The number of carboxylic acid groups (broad SMARTS) is 1. The summed E-state index contributed by atoms with van der Waals surface area (Å²) < 4.78 is 0. The maximum absolute atomic E-state index is 10.8. The van der Waals surface area contributed by atoms with Crippen molar-refractivity contribution in [3.8, 4) is 0 Å². The molecule has 3 nitrogen and oxygen atoms in total. The molecule has 0 aromatic carbocycles. The lowest BCUT2D eigenvalue weighted by Gasteiger charge is -2.35. The maximum atomic E-state index is 10.8. The lowest BCUT2D eigenvalue weighted by atomic mass is 9.76. The predicted octanol–water partition coefficient (Wildman–Crippen LogP) is 2.44. The molecule has 0 aromatic heterocycles. The zero-order chi connectivity index (χ0) is 10.7. The molecule has 94 valence electrons. The topological polar surface area (TPSA) is 49.3 Å². The monoisotopic (exact) mass is 247 g/mol. The van der Waals surface area contributed by atoms with Crippen molar-refractivity contribution in [1.29, 1.82) is 0 Å². The molecule has 0 bridgehead atoms. The predicted molar refractivity (Wildman–Crippen MR) is 66.0 cm³/mol. The molecule has 0 aromatic rings. The standard InChI is InChI=1S/C12H21NO2.ClH/c14-12(15)10-6-4-9(5-7-10)11-3-1-2-8-13-11;/h9-11,13H,1-8H2,(H,14,15);1H/t9?,10?,11-;/m0./s1. The Labute approximate surface area is 103 Å². The van der Waals surface area contributed by atoms with Crippen molar-refractivity contribution in [2.45, 2.75) is 51.0 Å². The quantitative estimate of drug-likeness (QED) is 0.788. The highest BCUT2D eigenvalue weighted by Gasteiger charge is 2.30. The molecule has 2 rings (SSSR count). The van der Waals surface area contributed by atoms with Crippen molar-refractivity contribution in [1.82, 2.24) is 5.32 Å². The first kappa shape index (κ1) is 13.8. The van der Waals surface area contributed by atoms with Crippen molar-refractivity contribution in [2.24, 2.45) is 11.8 Å². The van der Waals surface area contributed by atoms with Crippen LogP contribution in [0.4, 0.5) is 0 Å². The van der Waals surface area contributed by atoms with E-state index in [4.69, 9.17) is 5.11 Å². The molecular formula is C12H22ClNO2. The van der Waals surface area contributed by atoms with E-state index in [0.29, 0.717) is 6.04 Å². The lowest BCUT2D eigenvalue weighted by Crippen LogP contribution is -2.41. The molecular weight excluding hydrogens is 226 g/mol. The van der Waals surface area contributed by atoms with E-state index < -0.39 is 5.97 Å². The first-order valence-electron chi connectivity index (χ1n) is 6.23. The van der Waals surface area contributed by atoms with Crippen molar-refractivity contribution < 1.29 is 9.90 Å². The second-order valence-corrected chi connectivity index (χ2v) is 5.01. The SMILES string of the molecule is Cl.O=C(O)C1CCC([C@@H]2CCCCN2)CC1. The van der Waals surface area contributed by atoms with Crippen LogP contribution in [0.5, 0.6) is 0 Å². The minimum absolute atomic E-state index is 0. The summed E-state index contributed by atoms with van der Waals surface area (Å²) in [6.07, 6.45) is 7.93. The summed E-state index contributed by atoms with van der Waals surface area (Å²) in [5.74, 6) is 0.0794. The van der Waals surface area contributed by atoms with Crippen molar-refractivity contribution in [2.75, 3.05) is 6.54 Å². The summed E-state index contributed by atoms with van der Waals surface area (Å²) in [5, 5.41) is 12.5. The largest absolute Gasteiger partial charge is 0.481 e. The van der Waals surface area contributed by atoms with Gasteiger partial charge < -0.3 is 10.4 Å². The Morgan fingerprint density at radius 3 is 2.25 bits per heavy atom. The van der Waals surface area contributed by atoms with Crippen molar-refractivity contribution in [3.05, 3.63) is 0 Å². The van der Waals surface area contributed by atoms with Gasteiger partial charge in [-0.3, -0.25) is 4.79 Å². The molecule has 2 N–H and O–H groups in total. The molecule has 2 aliphatic rings. The van der Waals surface area contributed by atoms with Crippen molar-refractivity contribution >= 4 is 18.4 Å². The number of nitrogens with one attached hydrogen (secondary N) is 1. The van der Waals surface area contributed by atoms with Crippen LogP contribution in [0.15, 0.2) is 0 Å². The van der Waals surface area contributed by atoms with Gasteiger partial charge in [0.05, 0.1) is 5.92 Å². The van der Waals surface area contributed by atoms with Crippen LogP contribution in [0.3, 0.4) is 0 Å². The summed E-state index contributed by atoms with van der Waals surface area (Å²) in [7, 11) is 0. The number of piperidine rings is 1. The summed E-state index contributed by atoms with van der Waals surface area (Å²) in [4.78, 5) is 10.8. The highest BCUT2D eigenvalue weighted by atomic mass is 35.5. The number of carbonyl (C=O) groups is 1. The Hall–Kier alpha value is -0.280. The van der Waals surface area contributed by atoms with E-state index in [-0.39, 0.29) is 18.3 Å². The number of hydrogen-bond acceptors (Lipinski definition) is 2. The molecule has 2 fully saturated rings. The minimum Gasteiger partial charge on any atom is -0.481 e. The zero-order valence-corrected chi connectivity index (χ0v) is 10.5. The van der Waals surface area contributed by atoms with Crippen LogP contribution in [0, 0.1) is 11.8 Å². The Morgan fingerprint density at radius 1 is 1.06 bits per heavy atom. The van der Waals surface area contributed by atoms with Gasteiger partial charge in [0.25, 0.3) is 0 Å². The van der Waals surface area contributed by atoms with E-state index in [1.165, 1.54) is 19.3 Å². The maximum Gasteiger partial charge on any atom is 0.306 e. The molecule has 0 unspecified atom stereocenters. The third-order valence-electron chi connectivity index (χ3n) is 4.04. The summed E-state index contributed by atoms with van der Waals surface area (Å²) in [6, 6.07) is 0.675. The lowest BCUT2D eigenvalue weighted by molar-refractivity contribution is -0.143. The Kier molecular flexibility index (Phi) is 5.56. The molecule has 1 saturated carbocycles. The van der Waals surface area contributed by atoms with Gasteiger partial charge in [-0.2, -0.15) is 0 Å². The minimum atomic E-state index is -0.593. The van der Waals surface area contributed by atoms with Gasteiger partial charge in [0.1, 0.15) is 0 Å².